The van der Waals surface area contributed by atoms with Crippen molar-refractivity contribution < 1.29 is 19.2 Å². The van der Waals surface area contributed by atoms with Crippen molar-refractivity contribution >= 4 is 68.4 Å². The summed E-state index contributed by atoms with van der Waals surface area (Å²) >= 11 is 9.74. The highest BCUT2D eigenvalue weighted by Gasteiger charge is 2.64. The zero-order valence-corrected chi connectivity index (χ0v) is 21.9. The van der Waals surface area contributed by atoms with E-state index in [1.165, 1.54) is 11.8 Å². The minimum atomic E-state index is -0.892. The fourth-order valence-electron chi connectivity index (χ4n) is 5.72. The summed E-state index contributed by atoms with van der Waals surface area (Å²) in [5, 5.41) is 0.504. The van der Waals surface area contributed by atoms with E-state index in [4.69, 9.17) is 11.6 Å². The highest BCUT2D eigenvalue weighted by molar-refractivity contribution is 9.10. The molecular formula is C29H20BrClN2O4. The van der Waals surface area contributed by atoms with Crippen molar-refractivity contribution in [2.45, 2.75) is 19.0 Å². The van der Waals surface area contributed by atoms with E-state index in [-0.39, 0.29) is 17.5 Å². The van der Waals surface area contributed by atoms with Crippen LogP contribution in [0.2, 0.25) is 5.02 Å². The number of nitrogens with zero attached hydrogens (tertiary/aromatic N) is 2. The predicted octanol–water partition coefficient (Wildman–Crippen LogP) is 5.58. The van der Waals surface area contributed by atoms with Gasteiger partial charge in [0.05, 0.1) is 23.6 Å². The van der Waals surface area contributed by atoms with Crippen LogP contribution in [0.1, 0.15) is 33.2 Å². The van der Waals surface area contributed by atoms with Gasteiger partial charge in [-0.15, -0.1) is 0 Å². The Morgan fingerprint density at radius 1 is 0.865 bits per heavy atom. The van der Waals surface area contributed by atoms with Crippen LogP contribution >= 0.6 is 27.5 Å². The summed E-state index contributed by atoms with van der Waals surface area (Å²) < 4.78 is 0.830. The molecule has 3 aromatic rings. The molecule has 0 aromatic heterocycles. The van der Waals surface area contributed by atoms with Gasteiger partial charge in [-0.25, -0.2) is 4.90 Å². The number of fused-ring (bicyclic) bond motifs is 5. The van der Waals surface area contributed by atoms with E-state index >= 15 is 0 Å². The lowest BCUT2D eigenvalue weighted by Crippen LogP contribution is -2.48. The van der Waals surface area contributed by atoms with E-state index in [0.29, 0.717) is 21.8 Å². The molecule has 3 heterocycles. The molecule has 0 aliphatic carbocycles. The number of anilines is 2. The summed E-state index contributed by atoms with van der Waals surface area (Å²) in [4.78, 5) is 56.6. The van der Waals surface area contributed by atoms with Crippen LogP contribution in [0.15, 0.2) is 77.3 Å². The molecule has 0 saturated carbocycles. The first-order valence-corrected chi connectivity index (χ1v) is 13.0. The SMILES string of the molecule is CC(=O)c1ccc(N2C(=O)[C@@H]3[C@H](C2=O)[C@@H]2C=Cc4ccc(Cl)cc4N2[C@@H]3C(=O)c2ccc(Br)cc2)cc1. The van der Waals surface area contributed by atoms with Gasteiger partial charge in [-0.2, -0.15) is 0 Å². The van der Waals surface area contributed by atoms with Crippen LogP contribution < -0.4 is 9.80 Å². The average Bonchev–Trinajstić information content (AvgIpc) is 3.36. The van der Waals surface area contributed by atoms with Crippen LogP contribution in [0, 0.1) is 11.8 Å². The van der Waals surface area contributed by atoms with Crippen molar-refractivity contribution in [2.24, 2.45) is 11.8 Å². The maximum Gasteiger partial charge on any atom is 0.240 e. The number of amides is 2. The van der Waals surface area contributed by atoms with Gasteiger partial charge >= 0.3 is 0 Å². The van der Waals surface area contributed by atoms with Crippen LogP contribution in [0.4, 0.5) is 11.4 Å². The molecule has 0 unspecified atom stereocenters. The van der Waals surface area contributed by atoms with Gasteiger partial charge in [-0.1, -0.05) is 57.9 Å². The third kappa shape index (κ3) is 3.68. The summed E-state index contributed by atoms with van der Waals surface area (Å²) in [7, 11) is 0. The molecule has 2 saturated heterocycles. The maximum absolute atomic E-state index is 14.0. The van der Waals surface area contributed by atoms with Crippen molar-refractivity contribution in [3.05, 3.63) is 99.0 Å². The first kappa shape index (κ1) is 23.8. The van der Waals surface area contributed by atoms with Crippen LogP contribution in [-0.4, -0.2) is 35.5 Å². The summed E-state index contributed by atoms with van der Waals surface area (Å²) in [5.41, 5.74) is 2.92. The van der Waals surface area contributed by atoms with Gasteiger partial charge in [-0.3, -0.25) is 19.2 Å². The van der Waals surface area contributed by atoms with Crippen LogP contribution in [0.3, 0.4) is 0 Å². The molecular weight excluding hydrogens is 556 g/mol. The Balaban J connectivity index is 1.47. The second-order valence-corrected chi connectivity index (χ2v) is 10.8. The molecule has 3 aliphatic heterocycles. The molecule has 2 amide bonds. The Hall–Kier alpha value is -3.55. The molecule has 4 atom stereocenters. The van der Waals surface area contributed by atoms with E-state index < -0.39 is 29.8 Å². The Morgan fingerprint density at radius 2 is 1.51 bits per heavy atom. The number of carbonyl (C=O) groups excluding carboxylic acids is 4. The van der Waals surface area contributed by atoms with Crippen molar-refractivity contribution in [3.8, 4) is 0 Å². The fourth-order valence-corrected chi connectivity index (χ4v) is 6.15. The summed E-state index contributed by atoms with van der Waals surface area (Å²) in [6.45, 7) is 1.46. The average molecular weight is 576 g/mol. The molecule has 184 valence electrons. The molecule has 3 aromatic carbocycles. The molecule has 0 N–H and O–H groups in total. The van der Waals surface area contributed by atoms with Gasteiger partial charge in [-0.05, 0) is 61.0 Å². The van der Waals surface area contributed by atoms with Gasteiger partial charge in [0.15, 0.2) is 11.6 Å². The Kier molecular flexibility index (Phi) is 5.66. The molecule has 0 spiro atoms. The first-order chi connectivity index (χ1) is 17.8. The molecule has 6 nitrogen and oxygen atoms in total. The monoisotopic (exact) mass is 574 g/mol. The topological polar surface area (TPSA) is 74.8 Å². The number of imide groups is 1. The third-order valence-electron chi connectivity index (χ3n) is 7.40. The number of carbonyl (C=O) groups is 4. The number of hydrogen-bond donors (Lipinski definition) is 0. The van der Waals surface area contributed by atoms with Crippen molar-refractivity contribution in [1.29, 1.82) is 0 Å². The number of Topliss-reactive ketones (excluding diaryl/α,β-unsaturated/α-hetero) is 2. The van der Waals surface area contributed by atoms with E-state index in [1.54, 1.807) is 60.7 Å². The van der Waals surface area contributed by atoms with E-state index in [9.17, 15) is 19.2 Å². The molecule has 0 bridgehead atoms. The van der Waals surface area contributed by atoms with E-state index in [2.05, 4.69) is 15.9 Å². The summed E-state index contributed by atoms with van der Waals surface area (Å²) in [6.07, 6.45) is 3.81. The van der Waals surface area contributed by atoms with Crippen LogP contribution in [0.5, 0.6) is 0 Å². The molecule has 6 rings (SSSR count). The Bertz CT molecular complexity index is 1520. The summed E-state index contributed by atoms with van der Waals surface area (Å²) in [6, 6.07) is 17.4. The van der Waals surface area contributed by atoms with Gasteiger partial charge in [0.2, 0.25) is 11.8 Å². The second kappa shape index (κ2) is 8.78. The normalized spacial score (nSPS) is 23.6. The zero-order valence-electron chi connectivity index (χ0n) is 19.6. The molecule has 2 fully saturated rings. The number of halogens is 2. The minimum Gasteiger partial charge on any atom is -0.352 e. The highest BCUT2D eigenvalue weighted by atomic mass is 79.9. The molecule has 3 aliphatic rings. The lowest BCUT2D eigenvalue weighted by atomic mass is 9.86. The van der Waals surface area contributed by atoms with Gasteiger partial charge in [0.25, 0.3) is 0 Å². The smallest absolute Gasteiger partial charge is 0.240 e. The van der Waals surface area contributed by atoms with Crippen molar-refractivity contribution in [2.75, 3.05) is 9.80 Å². The number of rotatable bonds is 4. The Labute approximate surface area is 226 Å². The van der Waals surface area contributed by atoms with Gasteiger partial charge in [0.1, 0.15) is 6.04 Å². The van der Waals surface area contributed by atoms with Gasteiger partial charge < -0.3 is 4.90 Å². The number of benzene rings is 3. The molecule has 0 radical (unpaired) electrons. The number of hydrogen-bond acceptors (Lipinski definition) is 5. The standard InChI is InChI=1S/C29H20BrClN2O4/c1-15(34)16-5-11-21(12-6-16)32-28(36)24-22-13-7-17-4-10-20(31)14-23(17)33(22)26(25(24)29(32)37)27(35)18-2-8-19(30)9-3-18/h2-14,22,24-26H,1H3/t22-,24+,25+,26-/m0/s1. The second-order valence-electron chi connectivity index (χ2n) is 9.44. The van der Waals surface area contributed by atoms with E-state index in [1.807, 2.05) is 23.1 Å². The zero-order chi connectivity index (χ0) is 26.0. The van der Waals surface area contributed by atoms with Crippen LogP contribution in [-0.2, 0) is 9.59 Å². The van der Waals surface area contributed by atoms with E-state index in [0.717, 1.165) is 15.7 Å². The quantitative estimate of drug-likeness (QED) is 0.300. The number of ketones is 2. The maximum atomic E-state index is 14.0. The van der Waals surface area contributed by atoms with Crippen molar-refractivity contribution in [3.63, 3.8) is 0 Å². The van der Waals surface area contributed by atoms with Gasteiger partial charge in [0, 0.05) is 26.3 Å². The van der Waals surface area contributed by atoms with Crippen molar-refractivity contribution in [1.82, 2.24) is 0 Å². The van der Waals surface area contributed by atoms with Crippen LogP contribution in [0.25, 0.3) is 6.08 Å². The first-order valence-electron chi connectivity index (χ1n) is 11.8. The Morgan fingerprint density at radius 3 is 2.19 bits per heavy atom. The lowest BCUT2D eigenvalue weighted by molar-refractivity contribution is -0.122. The summed E-state index contributed by atoms with van der Waals surface area (Å²) in [5.74, 6) is -2.75. The predicted molar refractivity (Wildman–Crippen MR) is 145 cm³/mol. The third-order valence-corrected chi connectivity index (χ3v) is 8.16. The highest BCUT2D eigenvalue weighted by Crippen LogP contribution is 2.50. The lowest BCUT2D eigenvalue weighted by Gasteiger charge is -2.36. The molecule has 8 heteroatoms. The fraction of sp³-hybridized carbons (Fsp3) is 0.172. The largest absolute Gasteiger partial charge is 0.352 e. The minimum absolute atomic E-state index is 0.108. The molecule has 37 heavy (non-hydrogen) atoms.